The van der Waals surface area contributed by atoms with Crippen LogP contribution in [0, 0.1) is 32.5 Å². The topological polar surface area (TPSA) is 952 Å². The van der Waals surface area contributed by atoms with Gasteiger partial charge in [0.05, 0.1) is 12.1 Å². The molecule has 0 bridgehead atoms. The van der Waals surface area contributed by atoms with Crippen molar-refractivity contribution >= 4 is 130 Å². The second kappa shape index (κ2) is 59.7. The number of phenolic OH excluding ortho intramolecular Hbond substituents is 3. The van der Waals surface area contributed by atoms with Gasteiger partial charge in [-0.2, -0.15) is 0 Å². The molecule has 0 aliphatic carbocycles. The average Bonchev–Trinajstić information content (AvgIpc) is 1.56. The van der Waals surface area contributed by atoms with E-state index in [4.69, 9.17) is 87.8 Å². The van der Waals surface area contributed by atoms with E-state index in [1.54, 1.807) is 0 Å². The van der Waals surface area contributed by atoms with Crippen molar-refractivity contribution in [3.8, 4) is 28.7 Å². The first-order chi connectivity index (χ1) is 68.9. The van der Waals surface area contributed by atoms with Crippen molar-refractivity contribution in [2.75, 3.05) is 65.4 Å². The molecule has 6 rings (SSSR count). The third-order valence-corrected chi connectivity index (χ3v) is 22.7. The molecule has 45 N–H and O–H groups in total. The molecule has 2 heterocycles. The van der Waals surface area contributed by atoms with E-state index < -0.39 is 222 Å². The maximum Gasteiger partial charge on any atom is 0.340 e. The first-order valence-corrected chi connectivity index (χ1v) is 46.9. The highest BCUT2D eigenvalue weighted by atomic mass is 16.6. The van der Waals surface area contributed by atoms with Crippen molar-refractivity contribution < 1.29 is 107 Å². The van der Waals surface area contributed by atoms with E-state index in [2.05, 4.69) is 101 Å². The highest BCUT2D eigenvalue weighted by Crippen LogP contribution is 2.57. The number of carbonyl (C=O) groups is 16. The number of primary amides is 1. The number of aliphatic carboxylic acids is 1. The molecule has 0 radical (unpaired) electrons. The number of guanidine groups is 6. The van der Waals surface area contributed by atoms with Gasteiger partial charge in [-0.3, -0.25) is 99.6 Å². The van der Waals surface area contributed by atoms with E-state index in [1.807, 2.05) is 0 Å². The average molecular weight is 2030 g/mol. The van der Waals surface area contributed by atoms with Crippen LogP contribution in [-0.4, -0.2) is 277 Å². The molecule has 0 aromatic heterocycles. The molecule has 0 fully saturated rings. The highest BCUT2D eigenvalue weighted by molar-refractivity contribution is 6.03. The fraction of sp³-hybridized carbons (Fsp3) is 0.489. The second-order valence-corrected chi connectivity index (χ2v) is 34.1. The number of aromatic hydroxyl groups is 3. The monoisotopic (exact) mass is 2030 g/mol. The minimum absolute atomic E-state index is 0.0122. The van der Waals surface area contributed by atoms with Crippen molar-refractivity contribution in [1.82, 2.24) is 101 Å². The van der Waals surface area contributed by atoms with Crippen molar-refractivity contribution in [3.05, 3.63) is 112 Å². The molecule has 4 aromatic carbocycles. The molecular formula is C90H135N33O22. The normalized spacial score (nSPS) is 13.7. The summed E-state index contributed by atoms with van der Waals surface area (Å²) >= 11 is 0. The highest BCUT2D eigenvalue weighted by Gasteiger charge is 2.54. The lowest BCUT2D eigenvalue weighted by Gasteiger charge is -2.36. The van der Waals surface area contributed by atoms with Gasteiger partial charge < -0.3 is 177 Å². The molecule has 145 heavy (non-hydrogen) atoms. The van der Waals surface area contributed by atoms with Gasteiger partial charge in [-0.15, -0.1) is 0 Å². The fourth-order valence-corrected chi connectivity index (χ4v) is 15.4. The minimum atomic E-state index is -1.80. The minimum Gasteiger partial charge on any atom is -0.508 e. The smallest absolute Gasteiger partial charge is 0.340 e. The van der Waals surface area contributed by atoms with Crippen LogP contribution < -0.4 is 152 Å². The molecule has 10 atom stereocenters. The Morgan fingerprint density at radius 1 is 0.345 bits per heavy atom. The number of benzene rings is 4. The molecule has 14 amide bonds. The Labute approximate surface area is 833 Å². The molecule has 0 unspecified atom stereocenters. The maximum atomic E-state index is 15.1. The summed E-state index contributed by atoms with van der Waals surface area (Å²) in [6.45, 7) is 0.0209. The lowest BCUT2D eigenvalue weighted by Crippen LogP contribution is -2.60. The van der Waals surface area contributed by atoms with E-state index in [9.17, 15) is 82.8 Å². The van der Waals surface area contributed by atoms with E-state index in [0.717, 1.165) is 0 Å². The number of ether oxygens (including phenoxy) is 2. The Kier molecular flexibility index (Phi) is 48.1. The Hall–Kier alpha value is -16.8. The number of unbranched alkanes of at least 4 members (excludes halogenated alkanes) is 2. The van der Waals surface area contributed by atoms with Crippen LogP contribution in [0.4, 0.5) is 0 Å². The summed E-state index contributed by atoms with van der Waals surface area (Å²) in [5.41, 5.74) is 44.2. The number of hydrogen-bond acceptors (Lipinski definition) is 28. The number of carboxylic acid groups (broad SMARTS) is 1. The van der Waals surface area contributed by atoms with E-state index in [0.29, 0.717) is 16.7 Å². The standard InChI is InChI=1S/C90H135N33O22/c1-47(124)105-34-5-3-13-59(76(135)118-60(15-7-36-108-85(95)96)77(136)119-62(17-9-38-110-87(99)100)79(138)122-64(30-31-69(92)128)81(140)121-61(16-8-37-109-86(97)98)78(137)120-63(18-10-39-111-88(101)102)80(139)123-65(82(141)142)19-11-40-112-89(103)104)117-75(134)58(12-2-4-33-91)116-74(133)57(14-6-35-107-84(93)94)114-71(130)46-113-73(132)66(42-48-20-23-50(125)24-21-48)115-70(129)32-41-106-72(131)49-22-27-53-56(43-49)90(145-83(53)143)54-28-25-51(126)44-67(54)144-68-45-52(127)26-29-55(68)90/h20-29,43-45,57-66,125-127H,2-19,30-42,46,91H2,1H3,(H2,92,128)(H,105,124)(H,106,131)(H,113,132)(H,114,130)(H,115,129)(H,116,133)(H,117,134)(H,118,135)(H,119,136)(H,120,137)(H,121,140)(H,122,138)(H,123,139)(H,141,142)(H4,93,94,107)(H4,95,96,108)(H4,97,98,109)(H4,99,100,110)(H4,101,102,111)(H4,103,104,112)/t57-,58-,59-,60-,61-,62-,63-,64-,65-,66-/m0/s1. The summed E-state index contributed by atoms with van der Waals surface area (Å²) in [7, 11) is 0. The number of phenols is 3. The summed E-state index contributed by atoms with van der Waals surface area (Å²) in [4.78, 5) is 225. The van der Waals surface area contributed by atoms with E-state index >= 15 is 14.4 Å². The van der Waals surface area contributed by atoms with Gasteiger partial charge in [0, 0.05) is 113 Å². The lowest BCUT2D eigenvalue weighted by atomic mass is 9.77. The Balaban J connectivity index is 1.23. The zero-order valence-corrected chi connectivity index (χ0v) is 80.2. The molecule has 0 saturated heterocycles. The van der Waals surface area contributed by atoms with Gasteiger partial charge in [-0.05, 0) is 189 Å². The number of nitrogens with one attached hydrogen (secondary N) is 25. The fourth-order valence-electron chi connectivity index (χ4n) is 15.4. The van der Waals surface area contributed by atoms with E-state index in [1.165, 1.54) is 85.8 Å². The van der Waals surface area contributed by atoms with Crippen LogP contribution in [0.3, 0.4) is 0 Å². The predicted molar refractivity (Wildman–Crippen MR) is 526 cm³/mol. The number of carbonyl (C=O) groups excluding carboxylic acids is 15. The SMILES string of the molecule is CC(=O)NCCCC[C@H](NC(=O)[C@H](CCCCN)NC(=O)[C@H](CCCNC(=N)N)NC(=O)CNC(=O)[C@H](Cc1ccc(O)cc1)NC(=O)CCNC(=O)c1ccc2c(c1)C1(OC2=O)c2ccc(O)cc2Oc2cc(O)ccc21)C(=O)N[C@@H](CCCNC(=N)N)C(=O)N[C@@H](CCCNC(=N)N)C(=O)N[C@@H](CCC(N)=O)C(=O)N[C@@H](CCCNC(=N)N)C(=O)N[C@@H](CCCNC(=N)N)C(=O)N[C@@H](CCCNC(=N)N)C(=O)O. The first-order valence-electron chi connectivity index (χ1n) is 46.9. The largest absolute Gasteiger partial charge is 0.508 e. The van der Waals surface area contributed by atoms with Crippen molar-refractivity contribution in [3.63, 3.8) is 0 Å². The van der Waals surface area contributed by atoms with Gasteiger partial charge in [0.15, 0.2) is 41.4 Å². The summed E-state index contributed by atoms with van der Waals surface area (Å²) in [6.07, 6.45) is -3.08. The summed E-state index contributed by atoms with van der Waals surface area (Å²) in [5, 5.41) is 136. The zero-order valence-electron chi connectivity index (χ0n) is 80.2. The van der Waals surface area contributed by atoms with Gasteiger partial charge in [0.2, 0.25) is 76.8 Å². The molecule has 4 aromatic rings. The van der Waals surface area contributed by atoms with Gasteiger partial charge in [-0.1, -0.05) is 12.1 Å². The first kappa shape index (κ1) is 117. The van der Waals surface area contributed by atoms with Gasteiger partial charge in [0.1, 0.15) is 89.2 Å². The third-order valence-electron chi connectivity index (χ3n) is 22.7. The summed E-state index contributed by atoms with van der Waals surface area (Å²) in [5.74, 6) is -18.5. The van der Waals surface area contributed by atoms with Crippen LogP contribution in [0.2, 0.25) is 0 Å². The van der Waals surface area contributed by atoms with Crippen LogP contribution >= 0.6 is 0 Å². The van der Waals surface area contributed by atoms with Gasteiger partial charge in [0.25, 0.3) is 5.91 Å². The van der Waals surface area contributed by atoms with Crippen LogP contribution in [0.25, 0.3) is 0 Å². The number of esters is 1. The Morgan fingerprint density at radius 3 is 1.06 bits per heavy atom. The summed E-state index contributed by atoms with van der Waals surface area (Å²) in [6, 6.07) is 1.99. The molecule has 0 saturated carbocycles. The molecule has 792 valence electrons. The lowest BCUT2D eigenvalue weighted by molar-refractivity contribution is -0.142. The number of rotatable bonds is 64. The van der Waals surface area contributed by atoms with Crippen molar-refractivity contribution in [2.45, 2.75) is 214 Å². The number of hydrogen-bond donors (Lipinski definition) is 37. The Morgan fingerprint density at radius 2 is 0.690 bits per heavy atom. The number of carboxylic acids is 1. The van der Waals surface area contributed by atoms with Crippen LogP contribution in [0.15, 0.2) is 78.9 Å². The van der Waals surface area contributed by atoms with Crippen molar-refractivity contribution in [2.24, 2.45) is 45.9 Å². The quantitative estimate of drug-likeness (QED) is 0.00845. The third kappa shape index (κ3) is 40.4. The van der Waals surface area contributed by atoms with Crippen LogP contribution in [0.1, 0.15) is 185 Å². The molecule has 2 aliphatic heterocycles. The van der Waals surface area contributed by atoms with Crippen LogP contribution in [-0.2, 0) is 83.9 Å². The predicted octanol–water partition coefficient (Wildman–Crippen LogP) is -6.94. The van der Waals surface area contributed by atoms with Crippen LogP contribution in [0.5, 0.6) is 28.7 Å². The molecule has 2 aliphatic rings. The summed E-state index contributed by atoms with van der Waals surface area (Å²) < 4.78 is 12.2. The second-order valence-electron chi connectivity index (χ2n) is 34.1. The molecule has 1 spiro atoms. The number of amides is 14. The maximum absolute atomic E-state index is 15.1. The van der Waals surface area contributed by atoms with E-state index in [-0.39, 0.29) is 226 Å². The van der Waals surface area contributed by atoms with Crippen molar-refractivity contribution in [1.29, 1.82) is 32.5 Å². The molecular weight excluding hydrogens is 1900 g/mol. The molecule has 55 nitrogen and oxygen atoms in total. The number of nitrogens with two attached hydrogens (primary N) is 8. The zero-order chi connectivity index (χ0) is 107. The van der Waals surface area contributed by atoms with Gasteiger partial charge in [-0.25, -0.2) is 9.59 Å². The number of fused-ring (bicyclic) bond motifs is 6. The Bertz CT molecular complexity index is 5230. The molecule has 55 heteroatoms. The van der Waals surface area contributed by atoms with Gasteiger partial charge >= 0.3 is 11.9 Å².